The fraction of sp³-hybridized carbons (Fsp3) is 0.130. The summed E-state index contributed by atoms with van der Waals surface area (Å²) in [5, 5.41) is 2.63. The molecule has 0 N–H and O–H groups in total. The second kappa shape index (κ2) is 14.2. The van der Waals surface area contributed by atoms with Crippen molar-refractivity contribution < 1.29 is 0 Å². The fourth-order valence-electron chi connectivity index (χ4n) is 9.38. The summed E-state index contributed by atoms with van der Waals surface area (Å²) in [5.41, 5.74) is 13.5. The Morgan fingerprint density at radius 3 is 1.81 bits per heavy atom. The molecule has 4 aliphatic rings. The second-order valence-corrected chi connectivity index (χ2v) is 16.0. The maximum atomic E-state index is 4.94. The van der Waals surface area contributed by atoms with Crippen LogP contribution in [-0.2, 0) is 0 Å². The lowest BCUT2D eigenvalue weighted by Crippen LogP contribution is -2.20. The van der Waals surface area contributed by atoms with Crippen LogP contribution in [0.3, 0.4) is 0 Å². The zero-order chi connectivity index (χ0) is 38.6. The molecule has 12 rings (SSSR count). The molecule has 2 aromatic heterocycles. The highest BCUT2D eigenvalue weighted by Crippen LogP contribution is 2.50. The summed E-state index contributed by atoms with van der Waals surface area (Å²) in [6.45, 7) is 2.23. The lowest BCUT2D eigenvalue weighted by molar-refractivity contribution is 0.568. The molecule has 4 heteroatoms. The topological polar surface area (TPSA) is 43.6 Å². The van der Waals surface area contributed by atoms with Gasteiger partial charge in [-0.25, -0.2) is 15.0 Å². The molecule has 0 amide bonds. The minimum absolute atomic E-state index is 0.254. The van der Waals surface area contributed by atoms with Crippen molar-refractivity contribution in [2.75, 3.05) is 0 Å². The summed E-state index contributed by atoms with van der Waals surface area (Å²) >= 11 is 0. The number of rotatable bonds is 5. The fourth-order valence-corrected chi connectivity index (χ4v) is 9.38. The van der Waals surface area contributed by atoms with Crippen molar-refractivity contribution in [3.63, 3.8) is 0 Å². The lowest BCUT2D eigenvalue weighted by Gasteiger charge is -2.33. The Morgan fingerprint density at radius 2 is 1.14 bits per heavy atom. The van der Waals surface area contributed by atoms with E-state index in [4.69, 9.17) is 15.0 Å². The van der Waals surface area contributed by atoms with Crippen LogP contribution in [0.25, 0.3) is 72.8 Å². The van der Waals surface area contributed by atoms with Crippen LogP contribution in [0.5, 0.6) is 0 Å². The van der Waals surface area contributed by atoms with Crippen molar-refractivity contribution in [3.05, 3.63) is 205 Å². The number of para-hydroxylation sites is 2. The van der Waals surface area contributed by atoms with Gasteiger partial charge in [0.05, 0.1) is 16.7 Å². The van der Waals surface area contributed by atoms with E-state index >= 15 is 0 Å². The Bertz CT molecular complexity index is 2910. The van der Waals surface area contributed by atoms with Gasteiger partial charge >= 0.3 is 0 Å². The molecule has 0 saturated heterocycles. The van der Waals surface area contributed by atoms with Crippen molar-refractivity contribution in [3.8, 4) is 51.0 Å². The summed E-state index contributed by atoms with van der Waals surface area (Å²) in [5.74, 6) is 4.50. The highest BCUT2D eigenvalue weighted by atomic mass is 15.0. The molecule has 1 saturated carbocycles. The molecule has 58 heavy (non-hydrogen) atoms. The predicted molar refractivity (Wildman–Crippen MR) is 239 cm³/mol. The molecule has 0 bridgehead atoms. The molecule has 278 valence electrons. The van der Waals surface area contributed by atoms with Gasteiger partial charge in [-0.15, -0.1) is 0 Å². The van der Waals surface area contributed by atoms with E-state index in [9.17, 15) is 0 Å². The minimum Gasteiger partial charge on any atom is -0.309 e. The molecule has 4 nitrogen and oxygen atoms in total. The highest BCUT2D eigenvalue weighted by Gasteiger charge is 2.37. The largest absolute Gasteiger partial charge is 0.309 e. The number of hydrogen-bond acceptors (Lipinski definition) is 3. The number of benzene rings is 6. The Labute approximate surface area is 339 Å². The minimum atomic E-state index is 0.254. The SMILES string of the molecule is C1=CCC(C2c3cc(-c4ccc(-c5nc(-c6ccccc6)nc(-c6ccccc6)n5)cc4)ccc3-n3c4ccccc4c4cccc2c43)C=C1.CC1=CC=CC2CC12. The van der Waals surface area contributed by atoms with E-state index in [0.29, 0.717) is 23.4 Å². The van der Waals surface area contributed by atoms with Gasteiger partial charge in [-0.2, -0.15) is 0 Å². The van der Waals surface area contributed by atoms with Gasteiger partial charge in [0.1, 0.15) is 0 Å². The first kappa shape index (κ1) is 34.3. The van der Waals surface area contributed by atoms with E-state index in [-0.39, 0.29) is 5.92 Å². The van der Waals surface area contributed by atoms with Gasteiger partial charge < -0.3 is 4.57 Å². The van der Waals surface area contributed by atoms with E-state index in [1.807, 2.05) is 60.7 Å². The van der Waals surface area contributed by atoms with Gasteiger partial charge in [0.2, 0.25) is 0 Å². The first-order valence-corrected chi connectivity index (χ1v) is 20.5. The number of aromatic nitrogens is 4. The third-order valence-corrected chi connectivity index (χ3v) is 12.4. The highest BCUT2D eigenvalue weighted by molar-refractivity contribution is 6.11. The quantitative estimate of drug-likeness (QED) is 0.176. The van der Waals surface area contributed by atoms with Gasteiger partial charge in [0.15, 0.2) is 17.5 Å². The van der Waals surface area contributed by atoms with Gasteiger partial charge in [-0.3, -0.25) is 0 Å². The van der Waals surface area contributed by atoms with E-state index in [1.165, 1.54) is 50.6 Å². The molecule has 1 fully saturated rings. The average Bonchev–Trinajstić information content (AvgIpc) is 4.03. The zero-order valence-electron chi connectivity index (χ0n) is 32.4. The predicted octanol–water partition coefficient (Wildman–Crippen LogP) is 13.4. The number of fused-ring (bicyclic) bond motifs is 6. The normalized spacial score (nSPS) is 19.6. The van der Waals surface area contributed by atoms with Gasteiger partial charge in [-0.05, 0) is 78.0 Å². The van der Waals surface area contributed by atoms with Crippen LogP contribution in [0, 0.1) is 17.8 Å². The van der Waals surface area contributed by atoms with Gasteiger partial charge in [0, 0.05) is 33.4 Å². The number of hydrogen-bond donors (Lipinski definition) is 0. The van der Waals surface area contributed by atoms with E-state index in [0.717, 1.165) is 40.5 Å². The smallest absolute Gasteiger partial charge is 0.164 e. The van der Waals surface area contributed by atoms with Crippen LogP contribution < -0.4 is 0 Å². The second-order valence-electron chi connectivity index (χ2n) is 16.0. The lowest BCUT2D eigenvalue weighted by atomic mass is 9.74. The van der Waals surface area contributed by atoms with Crippen LogP contribution >= 0.6 is 0 Å². The molecule has 6 aromatic carbocycles. The van der Waals surface area contributed by atoms with E-state index in [2.05, 4.69) is 139 Å². The molecule has 8 aromatic rings. The van der Waals surface area contributed by atoms with Crippen LogP contribution in [0.1, 0.15) is 36.8 Å². The Hall–Kier alpha value is -6.91. The third-order valence-electron chi connectivity index (χ3n) is 12.4. The maximum absolute atomic E-state index is 4.94. The van der Waals surface area contributed by atoms with Crippen molar-refractivity contribution in [1.29, 1.82) is 0 Å². The van der Waals surface area contributed by atoms with Crippen LogP contribution in [0.4, 0.5) is 0 Å². The van der Waals surface area contributed by atoms with Crippen LogP contribution in [0.2, 0.25) is 0 Å². The maximum Gasteiger partial charge on any atom is 0.164 e. The third kappa shape index (κ3) is 6.04. The van der Waals surface area contributed by atoms with Gasteiger partial charge in [0.25, 0.3) is 0 Å². The van der Waals surface area contributed by atoms with E-state index < -0.39 is 0 Å². The van der Waals surface area contributed by atoms with Crippen molar-refractivity contribution in [2.24, 2.45) is 17.8 Å². The summed E-state index contributed by atoms with van der Waals surface area (Å²) in [7, 11) is 0. The number of allylic oxidation sites excluding steroid dienone is 8. The molecule has 4 unspecified atom stereocenters. The molecule has 0 radical (unpaired) electrons. The average molecular weight is 747 g/mol. The molecule has 1 aliphatic heterocycles. The van der Waals surface area contributed by atoms with Crippen LogP contribution in [-0.4, -0.2) is 19.5 Å². The first-order valence-electron chi connectivity index (χ1n) is 20.5. The van der Waals surface area contributed by atoms with Crippen molar-refractivity contribution >= 4 is 21.8 Å². The van der Waals surface area contributed by atoms with Gasteiger partial charge in [-0.1, -0.05) is 175 Å². The Balaban J connectivity index is 0.000000428. The Kier molecular flexibility index (Phi) is 8.43. The van der Waals surface area contributed by atoms with Crippen LogP contribution in [0.15, 0.2) is 194 Å². The summed E-state index contributed by atoms with van der Waals surface area (Å²) in [6, 6.07) is 51.6. The first-order chi connectivity index (χ1) is 28.7. The zero-order valence-corrected chi connectivity index (χ0v) is 32.4. The summed E-state index contributed by atoms with van der Waals surface area (Å²) in [6.07, 6.45) is 18.3. The molecular weight excluding hydrogens is 705 g/mol. The summed E-state index contributed by atoms with van der Waals surface area (Å²) in [4.78, 5) is 14.8. The molecule has 4 atom stereocenters. The Morgan fingerprint density at radius 1 is 0.517 bits per heavy atom. The monoisotopic (exact) mass is 746 g/mol. The molecule has 3 heterocycles. The molecule has 0 spiro atoms. The standard InChI is InChI=1S/C46H32N4.C8H10/c1-4-13-31(14-5-1)42-38-21-12-20-37-36-19-10-11-22-40(36)50(43(37)38)41-28-27-35(29-39(41)42)30-23-25-34(26-24-30)46-48-44(32-15-6-2-7-16-32)47-45(49-46)33-17-8-3-9-18-33;1-6-3-2-4-7-5-8(6)7/h1-13,15-29,31,42H,14H2;2-4,7-8H,5H2,1H3. The van der Waals surface area contributed by atoms with Crippen molar-refractivity contribution in [1.82, 2.24) is 19.5 Å². The molecular formula is C54H42N4. The molecule has 3 aliphatic carbocycles. The van der Waals surface area contributed by atoms with Crippen molar-refractivity contribution in [2.45, 2.75) is 25.7 Å². The number of nitrogens with zero attached hydrogens (tertiary/aromatic N) is 4. The van der Waals surface area contributed by atoms with E-state index in [1.54, 1.807) is 5.57 Å². The summed E-state index contributed by atoms with van der Waals surface area (Å²) < 4.78 is 2.50.